The van der Waals surface area contributed by atoms with Crippen molar-refractivity contribution in [2.45, 2.75) is 43.2 Å². The lowest BCUT2D eigenvalue weighted by molar-refractivity contribution is 0.0930. The Morgan fingerprint density at radius 2 is 2.09 bits per heavy atom. The van der Waals surface area contributed by atoms with Gasteiger partial charge >= 0.3 is 0 Å². The van der Waals surface area contributed by atoms with Gasteiger partial charge in [0.25, 0.3) is 5.91 Å². The number of aryl methyl sites for hydroxylation is 2. The summed E-state index contributed by atoms with van der Waals surface area (Å²) in [6.45, 7) is 6.08. The molecular formula is C18H22N2O2S. The standard InChI is InChI=1S/C18H22N2O2S/c1-12-6-7-15(11-13(12)2)23-18-16(5-4-9-19-18)17(22)20-14(3)8-10-21/h4-7,9,11,14,21H,8,10H2,1-3H3,(H,20,22). The van der Waals surface area contributed by atoms with Crippen molar-refractivity contribution in [2.75, 3.05) is 6.61 Å². The molecule has 0 aliphatic carbocycles. The van der Waals surface area contributed by atoms with Crippen LogP contribution in [0.2, 0.25) is 0 Å². The summed E-state index contributed by atoms with van der Waals surface area (Å²) >= 11 is 1.48. The number of aliphatic hydroxyl groups excluding tert-OH is 1. The van der Waals surface area contributed by atoms with E-state index in [9.17, 15) is 4.79 Å². The molecule has 1 aromatic heterocycles. The highest BCUT2D eigenvalue weighted by atomic mass is 32.2. The molecule has 0 saturated carbocycles. The van der Waals surface area contributed by atoms with Gasteiger partial charge in [0.2, 0.25) is 0 Å². The molecule has 1 heterocycles. The van der Waals surface area contributed by atoms with Crippen molar-refractivity contribution in [3.05, 3.63) is 53.2 Å². The van der Waals surface area contributed by atoms with Crippen LogP contribution < -0.4 is 5.32 Å². The molecule has 0 radical (unpaired) electrons. The van der Waals surface area contributed by atoms with Gasteiger partial charge in [-0.05, 0) is 62.6 Å². The molecule has 2 aromatic rings. The lowest BCUT2D eigenvalue weighted by Gasteiger charge is -2.14. The monoisotopic (exact) mass is 330 g/mol. The quantitative estimate of drug-likeness (QED) is 0.852. The van der Waals surface area contributed by atoms with E-state index in [4.69, 9.17) is 5.11 Å². The maximum absolute atomic E-state index is 12.4. The van der Waals surface area contributed by atoms with E-state index in [2.05, 4.69) is 36.3 Å². The molecule has 0 spiro atoms. The molecule has 1 atom stereocenters. The zero-order chi connectivity index (χ0) is 16.8. The normalized spacial score (nSPS) is 12.0. The number of carbonyl (C=O) groups excluding carboxylic acids is 1. The van der Waals surface area contributed by atoms with E-state index < -0.39 is 0 Å². The van der Waals surface area contributed by atoms with Crippen molar-refractivity contribution in [2.24, 2.45) is 0 Å². The Morgan fingerprint density at radius 3 is 2.78 bits per heavy atom. The first kappa shape index (κ1) is 17.5. The summed E-state index contributed by atoms with van der Waals surface area (Å²) in [5.41, 5.74) is 3.01. The van der Waals surface area contributed by atoms with Gasteiger partial charge in [0.05, 0.1) is 5.56 Å². The maximum atomic E-state index is 12.4. The predicted octanol–water partition coefficient (Wildman–Crippen LogP) is 3.35. The number of carbonyl (C=O) groups is 1. The van der Waals surface area contributed by atoms with Crippen LogP contribution in [0.1, 0.15) is 34.8 Å². The van der Waals surface area contributed by atoms with Crippen molar-refractivity contribution in [3.63, 3.8) is 0 Å². The number of pyridine rings is 1. The minimum Gasteiger partial charge on any atom is -0.396 e. The molecule has 1 aromatic carbocycles. The van der Waals surface area contributed by atoms with Crippen LogP contribution in [0.15, 0.2) is 46.5 Å². The van der Waals surface area contributed by atoms with Crippen molar-refractivity contribution < 1.29 is 9.90 Å². The Kier molecular flexibility index (Phi) is 6.19. The summed E-state index contributed by atoms with van der Waals surface area (Å²) in [5.74, 6) is -0.162. The second-order valence-corrected chi connectivity index (χ2v) is 6.65. The molecule has 2 N–H and O–H groups in total. The third-order valence-corrected chi connectivity index (χ3v) is 4.66. The summed E-state index contributed by atoms with van der Waals surface area (Å²) in [4.78, 5) is 17.8. The number of hydrogen-bond donors (Lipinski definition) is 2. The average Bonchev–Trinajstić information content (AvgIpc) is 2.51. The van der Waals surface area contributed by atoms with E-state index >= 15 is 0 Å². The van der Waals surface area contributed by atoms with Gasteiger partial charge in [-0.3, -0.25) is 4.79 Å². The second-order valence-electron chi connectivity index (χ2n) is 5.59. The number of nitrogens with one attached hydrogen (secondary N) is 1. The molecule has 1 unspecified atom stereocenters. The van der Waals surface area contributed by atoms with Crippen molar-refractivity contribution in [1.29, 1.82) is 0 Å². The predicted molar refractivity (Wildman–Crippen MR) is 92.9 cm³/mol. The molecule has 0 aliphatic rings. The van der Waals surface area contributed by atoms with Crippen molar-refractivity contribution in [3.8, 4) is 0 Å². The molecule has 4 nitrogen and oxygen atoms in total. The van der Waals surface area contributed by atoms with E-state index in [1.807, 2.05) is 13.0 Å². The first-order valence-electron chi connectivity index (χ1n) is 7.63. The average molecular weight is 330 g/mol. The van der Waals surface area contributed by atoms with Crippen LogP contribution in [0.5, 0.6) is 0 Å². The Balaban J connectivity index is 2.19. The minimum atomic E-state index is -0.162. The SMILES string of the molecule is Cc1ccc(Sc2ncccc2C(=O)NC(C)CCO)cc1C. The number of hydrogen-bond acceptors (Lipinski definition) is 4. The molecule has 0 aliphatic heterocycles. The molecule has 1 amide bonds. The van der Waals surface area contributed by atoms with Gasteiger partial charge in [-0.2, -0.15) is 0 Å². The van der Waals surface area contributed by atoms with Crippen LogP contribution >= 0.6 is 11.8 Å². The van der Waals surface area contributed by atoms with Gasteiger partial charge in [0, 0.05) is 23.7 Å². The number of rotatable bonds is 6. The van der Waals surface area contributed by atoms with E-state index in [0.29, 0.717) is 17.0 Å². The lowest BCUT2D eigenvalue weighted by atomic mass is 10.1. The maximum Gasteiger partial charge on any atom is 0.254 e. The van der Waals surface area contributed by atoms with Crippen LogP contribution in [-0.2, 0) is 0 Å². The minimum absolute atomic E-state index is 0.0543. The molecule has 0 bridgehead atoms. The summed E-state index contributed by atoms with van der Waals surface area (Å²) in [7, 11) is 0. The van der Waals surface area contributed by atoms with E-state index in [0.717, 1.165) is 4.90 Å². The lowest BCUT2D eigenvalue weighted by Crippen LogP contribution is -2.33. The fourth-order valence-electron chi connectivity index (χ4n) is 2.10. The Morgan fingerprint density at radius 1 is 1.30 bits per heavy atom. The van der Waals surface area contributed by atoms with Crippen LogP contribution in [0.3, 0.4) is 0 Å². The van der Waals surface area contributed by atoms with Crippen molar-refractivity contribution >= 4 is 17.7 Å². The highest BCUT2D eigenvalue weighted by Crippen LogP contribution is 2.30. The molecule has 5 heteroatoms. The summed E-state index contributed by atoms with van der Waals surface area (Å²) in [6.07, 6.45) is 2.23. The van der Waals surface area contributed by atoms with Gasteiger partial charge in [-0.15, -0.1) is 0 Å². The topological polar surface area (TPSA) is 62.2 Å². The Labute approximate surface area is 141 Å². The molecule has 23 heavy (non-hydrogen) atoms. The van der Waals surface area contributed by atoms with Gasteiger partial charge < -0.3 is 10.4 Å². The van der Waals surface area contributed by atoms with Crippen LogP contribution in [-0.4, -0.2) is 28.6 Å². The number of nitrogens with zero attached hydrogens (tertiary/aromatic N) is 1. The number of aliphatic hydroxyl groups is 1. The zero-order valence-electron chi connectivity index (χ0n) is 13.7. The first-order chi connectivity index (χ1) is 11.0. The molecule has 2 rings (SSSR count). The van der Waals surface area contributed by atoms with E-state index in [1.54, 1.807) is 18.3 Å². The number of benzene rings is 1. The van der Waals surface area contributed by atoms with Crippen LogP contribution in [0, 0.1) is 13.8 Å². The third kappa shape index (κ3) is 4.81. The van der Waals surface area contributed by atoms with E-state index in [-0.39, 0.29) is 18.6 Å². The first-order valence-corrected chi connectivity index (χ1v) is 8.44. The summed E-state index contributed by atoms with van der Waals surface area (Å²) < 4.78 is 0. The molecular weight excluding hydrogens is 308 g/mol. The van der Waals surface area contributed by atoms with Gasteiger partial charge in [-0.1, -0.05) is 17.8 Å². The molecule has 122 valence electrons. The largest absolute Gasteiger partial charge is 0.396 e. The van der Waals surface area contributed by atoms with Crippen molar-refractivity contribution in [1.82, 2.24) is 10.3 Å². The zero-order valence-corrected chi connectivity index (χ0v) is 14.5. The smallest absolute Gasteiger partial charge is 0.254 e. The summed E-state index contributed by atoms with van der Waals surface area (Å²) in [5, 5.41) is 12.5. The van der Waals surface area contributed by atoms with Gasteiger partial charge in [0.1, 0.15) is 5.03 Å². The number of aromatic nitrogens is 1. The fraction of sp³-hybridized carbons (Fsp3) is 0.333. The molecule has 0 saturated heterocycles. The van der Waals surface area contributed by atoms with E-state index in [1.165, 1.54) is 22.9 Å². The Hall–Kier alpha value is -1.85. The highest BCUT2D eigenvalue weighted by molar-refractivity contribution is 7.99. The van der Waals surface area contributed by atoms with Crippen LogP contribution in [0.25, 0.3) is 0 Å². The second kappa shape index (κ2) is 8.13. The summed E-state index contributed by atoms with van der Waals surface area (Å²) in [6, 6.07) is 9.67. The third-order valence-electron chi connectivity index (χ3n) is 3.65. The highest BCUT2D eigenvalue weighted by Gasteiger charge is 2.15. The fourth-order valence-corrected chi connectivity index (χ4v) is 3.08. The molecule has 0 fully saturated rings. The van der Waals surface area contributed by atoms with Gasteiger partial charge in [0.15, 0.2) is 0 Å². The number of amides is 1. The Bertz CT molecular complexity index is 688. The van der Waals surface area contributed by atoms with Gasteiger partial charge in [-0.25, -0.2) is 4.98 Å². The van der Waals surface area contributed by atoms with Crippen LogP contribution in [0.4, 0.5) is 0 Å².